The molecule has 0 radical (unpaired) electrons. The van der Waals surface area contributed by atoms with E-state index in [4.69, 9.17) is 4.42 Å². The number of benzene rings is 2. The molecule has 1 saturated heterocycles. The summed E-state index contributed by atoms with van der Waals surface area (Å²) in [7, 11) is -4.08. The fraction of sp³-hybridized carbons (Fsp3) is 0.316. The predicted molar refractivity (Wildman–Crippen MR) is 99.1 cm³/mol. The number of hydrogen-bond donors (Lipinski definition) is 0. The van der Waals surface area contributed by atoms with Crippen LogP contribution in [0.5, 0.6) is 0 Å². The van der Waals surface area contributed by atoms with Crippen LogP contribution in [0.2, 0.25) is 0 Å². The molecular weight excluding hydrogens is 388 g/mol. The van der Waals surface area contributed by atoms with Crippen molar-refractivity contribution in [3.8, 4) is 0 Å². The van der Waals surface area contributed by atoms with Gasteiger partial charge < -0.3 is 4.42 Å². The van der Waals surface area contributed by atoms with Crippen molar-refractivity contribution in [3.63, 3.8) is 0 Å². The van der Waals surface area contributed by atoms with E-state index in [1.54, 1.807) is 0 Å². The Kier molecular flexibility index (Phi) is 4.90. The molecule has 0 saturated carbocycles. The van der Waals surface area contributed by atoms with Crippen LogP contribution in [-0.2, 0) is 16.6 Å². The molecule has 9 heteroatoms. The third-order valence-corrected chi connectivity index (χ3v) is 6.70. The molecule has 1 aromatic heterocycles. The number of aromatic nitrogens is 1. The van der Waals surface area contributed by atoms with Crippen LogP contribution in [0.15, 0.2) is 45.7 Å². The van der Waals surface area contributed by atoms with Gasteiger partial charge in [0.15, 0.2) is 5.58 Å². The van der Waals surface area contributed by atoms with Crippen molar-refractivity contribution in [2.24, 2.45) is 0 Å². The first kappa shape index (κ1) is 19.0. The second-order valence-corrected chi connectivity index (χ2v) is 8.74. The average molecular weight is 407 g/mol. The minimum atomic E-state index is -4.08. The Labute approximate surface area is 161 Å². The zero-order chi connectivity index (χ0) is 19.9. The Morgan fingerprint density at radius 2 is 1.82 bits per heavy atom. The molecule has 0 unspecified atom stereocenters. The number of aryl methyl sites for hydroxylation is 1. The molecule has 148 valence electrons. The lowest BCUT2D eigenvalue weighted by atomic mass is 10.2. The lowest BCUT2D eigenvalue weighted by Gasteiger charge is -2.33. The molecule has 0 amide bonds. The monoisotopic (exact) mass is 407 g/mol. The summed E-state index contributed by atoms with van der Waals surface area (Å²) in [6.07, 6.45) is 0. The Balaban J connectivity index is 1.44. The molecule has 3 aromatic rings. The molecule has 1 aliphatic heterocycles. The maximum atomic E-state index is 13.9. The quantitative estimate of drug-likeness (QED) is 0.665. The van der Waals surface area contributed by atoms with Crippen LogP contribution in [0, 0.1) is 18.6 Å². The zero-order valence-electron chi connectivity index (χ0n) is 15.2. The lowest BCUT2D eigenvalue weighted by molar-refractivity contribution is 0.169. The van der Waals surface area contributed by atoms with E-state index in [0.29, 0.717) is 25.5 Å². The molecule has 2 aromatic carbocycles. The molecule has 4 rings (SSSR count). The fourth-order valence-corrected chi connectivity index (χ4v) is 4.78. The van der Waals surface area contributed by atoms with E-state index in [0.717, 1.165) is 34.9 Å². The number of piperazine rings is 1. The van der Waals surface area contributed by atoms with Crippen molar-refractivity contribution in [1.29, 1.82) is 0 Å². The largest absolute Gasteiger partial charge is 0.439 e. The summed E-state index contributed by atoms with van der Waals surface area (Å²) in [5.41, 5.74) is 2.58. The van der Waals surface area contributed by atoms with Gasteiger partial charge in [0.05, 0.1) is 6.54 Å². The molecule has 0 aliphatic carbocycles. The second kappa shape index (κ2) is 7.23. The lowest BCUT2D eigenvalue weighted by Crippen LogP contribution is -2.48. The summed E-state index contributed by atoms with van der Waals surface area (Å²) < 4.78 is 59.5. The van der Waals surface area contributed by atoms with Gasteiger partial charge in [-0.2, -0.15) is 4.31 Å². The first-order chi connectivity index (χ1) is 13.3. The smallest absolute Gasteiger partial charge is 0.246 e. The first-order valence-electron chi connectivity index (χ1n) is 8.86. The highest BCUT2D eigenvalue weighted by Gasteiger charge is 2.31. The van der Waals surface area contributed by atoms with Crippen molar-refractivity contribution in [3.05, 3.63) is 59.5 Å². The first-order valence-corrected chi connectivity index (χ1v) is 10.3. The van der Waals surface area contributed by atoms with E-state index < -0.39 is 26.6 Å². The Hall–Kier alpha value is -2.36. The number of sulfonamides is 1. The van der Waals surface area contributed by atoms with Gasteiger partial charge in [-0.15, -0.1) is 0 Å². The fourth-order valence-electron chi connectivity index (χ4n) is 3.28. The second-order valence-electron chi connectivity index (χ2n) is 6.83. The summed E-state index contributed by atoms with van der Waals surface area (Å²) >= 11 is 0. The summed E-state index contributed by atoms with van der Waals surface area (Å²) in [6.45, 7) is 3.66. The van der Waals surface area contributed by atoms with E-state index >= 15 is 0 Å². The van der Waals surface area contributed by atoms with Gasteiger partial charge in [-0.3, -0.25) is 4.90 Å². The third kappa shape index (κ3) is 3.65. The van der Waals surface area contributed by atoms with Crippen LogP contribution in [0.1, 0.15) is 11.5 Å². The van der Waals surface area contributed by atoms with Gasteiger partial charge in [-0.25, -0.2) is 22.2 Å². The molecule has 6 nitrogen and oxygen atoms in total. The standard InChI is InChI=1S/C19H19F2N3O3S/c1-13-2-5-16-17(10-13)27-19(22-16)12-23-6-8-24(9-7-23)28(25,26)18-11-14(20)3-4-15(18)21/h2-5,10-11H,6-9,12H2,1H3. The van der Waals surface area contributed by atoms with Gasteiger partial charge in [-0.1, -0.05) is 6.07 Å². The molecule has 0 spiro atoms. The Morgan fingerprint density at radius 3 is 2.57 bits per heavy atom. The normalized spacial score (nSPS) is 16.7. The molecule has 2 heterocycles. The van der Waals surface area contributed by atoms with Crippen LogP contribution in [0.25, 0.3) is 11.1 Å². The van der Waals surface area contributed by atoms with Crippen molar-refractivity contribution in [2.75, 3.05) is 26.2 Å². The number of rotatable bonds is 4. The zero-order valence-corrected chi connectivity index (χ0v) is 16.0. The number of oxazole rings is 1. The number of hydrogen-bond acceptors (Lipinski definition) is 5. The van der Waals surface area contributed by atoms with Crippen molar-refractivity contribution in [1.82, 2.24) is 14.2 Å². The predicted octanol–water partition coefficient (Wildman–Crippen LogP) is 2.92. The van der Waals surface area contributed by atoms with Gasteiger partial charge in [0.2, 0.25) is 15.9 Å². The Bertz CT molecular complexity index is 1120. The van der Waals surface area contributed by atoms with E-state index in [1.165, 1.54) is 4.31 Å². The van der Waals surface area contributed by atoms with Gasteiger partial charge in [0.1, 0.15) is 22.0 Å². The number of fused-ring (bicyclic) bond motifs is 1. The van der Waals surface area contributed by atoms with Crippen molar-refractivity contribution in [2.45, 2.75) is 18.4 Å². The summed E-state index contributed by atoms with van der Waals surface area (Å²) in [4.78, 5) is 5.84. The highest BCUT2D eigenvalue weighted by Crippen LogP contribution is 2.23. The molecule has 1 aliphatic rings. The molecule has 28 heavy (non-hydrogen) atoms. The summed E-state index contributed by atoms with van der Waals surface area (Å²) in [5.74, 6) is -1.18. The molecule has 0 bridgehead atoms. The number of halogens is 2. The molecule has 0 atom stereocenters. The molecule has 0 N–H and O–H groups in total. The maximum absolute atomic E-state index is 13.9. The van der Waals surface area contributed by atoms with E-state index in [1.807, 2.05) is 30.0 Å². The topological polar surface area (TPSA) is 66.7 Å². The van der Waals surface area contributed by atoms with Gasteiger partial charge in [-0.05, 0) is 42.8 Å². The third-order valence-electron chi connectivity index (χ3n) is 4.79. The Morgan fingerprint density at radius 1 is 1.07 bits per heavy atom. The van der Waals surface area contributed by atoms with Crippen LogP contribution in [0.4, 0.5) is 8.78 Å². The molecule has 1 fully saturated rings. The van der Waals surface area contributed by atoms with Crippen molar-refractivity contribution < 1.29 is 21.6 Å². The van der Waals surface area contributed by atoms with Crippen molar-refractivity contribution >= 4 is 21.1 Å². The highest BCUT2D eigenvalue weighted by atomic mass is 32.2. The maximum Gasteiger partial charge on any atom is 0.246 e. The SMILES string of the molecule is Cc1ccc2nc(CN3CCN(S(=O)(=O)c4cc(F)ccc4F)CC3)oc2c1. The number of nitrogens with zero attached hydrogens (tertiary/aromatic N) is 3. The van der Waals surface area contributed by atoms with Gasteiger partial charge in [0, 0.05) is 26.2 Å². The average Bonchev–Trinajstić information content (AvgIpc) is 3.05. The summed E-state index contributed by atoms with van der Waals surface area (Å²) in [6, 6.07) is 8.22. The minimum absolute atomic E-state index is 0.178. The molecular formula is C19H19F2N3O3S. The summed E-state index contributed by atoms with van der Waals surface area (Å²) in [5, 5.41) is 0. The minimum Gasteiger partial charge on any atom is -0.439 e. The van der Waals surface area contributed by atoms with E-state index in [-0.39, 0.29) is 13.1 Å². The van der Waals surface area contributed by atoms with Gasteiger partial charge >= 0.3 is 0 Å². The highest BCUT2D eigenvalue weighted by molar-refractivity contribution is 7.89. The van der Waals surface area contributed by atoms with Crippen LogP contribution < -0.4 is 0 Å². The van der Waals surface area contributed by atoms with E-state index in [9.17, 15) is 17.2 Å². The van der Waals surface area contributed by atoms with Gasteiger partial charge in [0.25, 0.3) is 0 Å². The van der Waals surface area contributed by atoms with E-state index in [2.05, 4.69) is 4.98 Å². The van der Waals surface area contributed by atoms with Crippen LogP contribution in [-0.4, -0.2) is 48.8 Å². The van der Waals surface area contributed by atoms with Crippen LogP contribution >= 0.6 is 0 Å². The van der Waals surface area contributed by atoms with Crippen LogP contribution in [0.3, 0.4) is 0 Å².